The summed E-state index contributed by atoms with van der Waals surface area (Å²) in [6.07, 6.45) is 0. The summed E-state index contributed by atoms with van der Waals surface area (Å²) in [6.45, 7) is 0. The maximum Gasteiger partial charge on any atom is 0.330 e. The SMILES string of the molecule is Cn1c(CSc2ccc(F)c(Cl)c2)cc(=O)n(C)c1=O. The average Bonchev–Trinajstić information content (AvgIpc) is 2.42. The van der Waals surface area contributed by atoms with E-state index in [1.54, 1.807) is 13.1 Å². The van der Waals surface area contributed by atoms with Gasteiger partial charge in [0.25, 0.3) is 5.56 Å². The average molecular weight is 315 g/mol. The molecule has 1 aromatic heterocycles. The van der Waals surface area contributed by atoms with Gasteiger partial charge in [0.15, 0.2) is 0 Å². The van der Waals surface area contributed by atoms with Gasteiger partial charge in [-0.05, 0) is 18.2 Å². The molecule has 2 rings (SSSR count). The van der Waals surface area contributed by atoms with E-state index >= 15 is 0 Å². The highest BCUT2D eigenvalue weighted by Crippen LogP contribution is 2.26. The van der Waals surface area contributed by atoms with Crippen LogP contribution < -0.4 is 11.2 Å². The van der Waals surface area contributed by atoms with Gasteiger partial charge in [-0.15, -0.1) is 11.8 Å². The Labute approximate surface area is 123 Å². The molecule has 0 saturated carbocycles. The lowest BCUT2D eigenvalue weighted by Crippen LogP contribution is -2.37. The highest BCUT2D eigenvalue weighted by molar-refractivity contribution is 7.98. The lowest BCUT2D eigenvalue weighted by Gasteiger charge is -2.09. The van der Waals surface area contributed by atoms with Gasteiger partial charge >= 0.3 is 5.69 Å². The molecule has 0 aliphatic carbocycles. The van der Waals surface area contributed by atoms with Crippen LogP contribution in [0.25, 0.3) is 0 Å². The Morgan fingerprint density at radius 2 is 1.90 bits per heavy atom. The fourth-order valence-corrected chi connectivity index (χ4v) is 2.84. The third-order valence-corrected chi connectivity index (χ3v) is 4.22. The summed E-state index contributed by atoms with van der Waals surface area (Å²) in [5.41, 5.74) is -0.116. The van der Waals surface area contributed by atoms with E-state index in [-0.39, 0.29) is 16.3 Å². The fraction of sp³-hybridized carbons (Fsp3) is 0.231. The Kier molecular flexibility index (Phi) is 4.35. The van der Waals surface area contributed by atoms with Crippen molar-refractivity contribution in [1.29, 1.82) is 0 Å². The first-order valence-electron chi connectivity index (χ1n) is 5.74. The molecule has 0 aliphatic heterocycles. The number of halogens is 2. The summed E-state index contributed by atoms with van der Waals surface area (Å²) in [6, 6.07) is 5.82. The largest absolute Gasteiger partial charge is 0.330 e. The molecule has 4 nitrogen and oxygen atoms in total. The minimum atomic E-state index is -0.475. The van der Waals surface area contributed by atoms with Crippen molar-refractivity contribution in [1.82, 2.24) is 9.13 Å². The summed E-state index contributed by atoms with van der Waals surface area (Å²) >= 11 is 7.08. The van der Waals surface area contributed by atoms with Crippen molar-refractivity contribution < 1.29 is 4.39 Å². The second-order valence-electron chi connectivity index (χ2n) is 4.24. The second kappa shape index (κ2) is 5.85. The van der Waals surface area contributed by atoms with Gasteiger partial charge in [-0.1, -0.05) is 11.6 Å². The van der Waals surface area contributed by atoms with Crippen molar-refractivity contribution in [2.75, 3.05) is 0 Å². The zero-order valence-electron chi connectivity index (χ0n) is 10.9. The van der Waals surface area contributed by atoms with Crippen molar-refractivity contribution in [3.05, 3.63) is 61.6 Å². The molecule has 0 saturated heterocycles. The van der Waals surface area contributed by atoms with Crippen LogP contribution >= 0.6 is 23.4 Å². The van der Waals surface area contributed by atoms with Gasteiger partial charge < -0.3 is 0 Å². The molecule has 0 N–H and O–H groups in total. The molecule has 20 heavy (non-hydrogen) atoms. The molecule has 1 aromatic carbocycles. The van der Waals surface area contributed by atoms with Gasteiger partial charge in [0.1, 0.15) is 5.82 Å². The number of aromatic nitrogens is 2. The monoisotopic (exact) mass is 314 g/mol. The molecular weight excluding hydrogens is 303 g/mol. The first-order valence-corrected chi connectivity index (χ1v) is 7.10. The van der Waals surface area contributed by atoms with Gasteiger partial charge in [0, 0.05) is 36.5 Å². The Morgan fingerprint density at radius 1 is 1.20 bits per heavy atom. The topological polar surface area (TPSA) is 44.0 Å². The lowest BCUT2D eigenvalue weighted by molar-refractivity contribution is 0.627. The first-order chi connectivity index (χ1) is 9.40. The molecule has 0 atom stereocenters. The van der Waals surface area contributed by atoms with E-state index in [0.29, 0.717) is 11.4 Å². The zero-order chi connectivity index (χ0) is 14.9. The molecule has 1 heterocycles. The van der Waals surface area contributed by atoms with Crippen LogP contribution in [0.15, 0.2) is 38.8 Å². The van der Waals surface area contributed by atoms with Gasteiger partial charge in [-0.2, -0.15) is 0 Å². The maximum absolute atomic E-state index is 13.0. The molecule has 0 amide bonds. The van der Waals surface area contributed by atoms with Crippen LogP contribution in [0.5, 0.6) is 0 Å². The smallest absolute Gasteiger partial charge is 0.300 e. The summed E-state index contributed by atoms with van der Waals surface area (Å²) in [5, 5.41) is 0.0489. The second-order valence-corrected chi connectivity index (χ2v) is 5.70. The number of thioether (sulfide) groups is 1. The number of benzene rings is 1. The minimum Gasteiger partial charge on any atom is -0.300 e. The van der Waals surface area contributed by atoms with Crippen molar-refractivity contribution in [2.24, 2.45) is 14.1 Å². The molecule has 2 aromatic rings. The van der Waals surface area contributed by atoms with Crippen LogP contribution in [0.4, 0.5) is 4.39 Å². The Hall–Kier alpha value is -1.53. The standard InChI is InChI=1S/C13H12ClFN2O2S/c1-16-8(5-12(18)17(2)13(16)19)7-20-9-3-4-11(15)10(14)6-9/h3-6H,7H2,1-2H3. The van der Waals surface area contributed by atoms with E-state index in [1.165, 1.54) is 41.6 Å². The van der Waals surface area contributed by atoms with E-state index in [9.17, 15) is 14.0 Å². The van der Waals surface area contributed by atoms with E-state index in [4.69, 9.17) is 11.6 Å². The number of nitrogens with zero attached hydrogens (tertiary/aromatic N) is 2. The molecule has 0 spiro atoms. The fourth-order valence-electron chi connectivity index (χ4n) is 1.64. The molecule has 0 aliphatic rings. The van der Waals surface area contributed by atoms with Gasteiger partial charge in [-0.25, -0.2) is 9.18 Å². The normalized spacial score (nSPS) is 10.8. The van der Waals surface area contributed by atoms with Crippen LogP contribution in [-0.2, 0) is 19.8 Å². The highest BCUT2D eigenvalue weighted by atomic mass is 35.5. The van der Waals surface area contributed by atoms with Gasteiger partial charge in [-0.3, -0.25) is 13.9 Å². The van der Waals surface area contributed by atoms with Crippen LogP contribution in [0.2, 0.25) is 5.02 Å². The quantitative estimate of drug-likeness (QED) is 0.816. The van der Waals surface area contributed by atoms with E-state index in [2.05, 4.69) is 0 Å². The molecule has 7 heteroatoms. The summed E-state index contributed by atoms with van der Waals surface area (Å²) in [4.78, 5) is 24.1. The van der Waals surface area contributed by atoms with Crippen LogP contribution in [0.1, 0.15) is 5.69 Å². The third-order valence-electron chi connectivity index (χ3n) is 2.90. The summed E-state index contributed by atoms with van der Waals surface area (Å²) in [7, 11) is 3.04. The van der Waals surface area contributed by atoms with Crippen LogP contribution in [0.3, 0.4) is 0 Å². The number of hydrogen-bond acceptors (Lipinski definition) is 3. The Balaban J connectivity index is 2.25. The van der Waals surface area contributed by atoms with E-state index < -0.39 is 5.82 Å². The van der Waals surface area contributed by atoms with E-state index in [1.807, 2.05) is 0 Å². The molecule has 0 fully saturated rings. The molecule has 0 radical (unpaired) electrons. The first kappa shape index (κ1) is 14.9. The maximum atomic E-state index is 13.0. The van der Waals surface area contributed by atoms with Crippen LogP contribution in [-0.4, -0.2) is 9.13 Å². The molecule has 0 bridgehead atoms. The van der Waals surface area contributed by atoms with E-state index in [0.717, 1.165) is 9.46 Å². The number of rotatable bonds is 3. The third kappa shape index (κ3) is 2.96. The molecular formula is C13H12ClFN2O2S. The highest BCUT2D eigenvalue weighted by Gasteiger charge is 2.07. The minimum absolute atomic E-state index is 0.0489. The zero-order valence-corrected chi connectivity index (χ0v) is 12.5. The number of hydrogen-bond donors (Lipinski definition) is 0. The Bertz CT molecular complexity index is 770. The Morgan fingerprint density at radius 3 is 2.55 bits per heavy atom. The van der Waals surface area contributed by atoms with Gasteiger partial charge in [0.05, 0.1) is 5.02 Å². The van der Waals surface area contributed by atoms with Gasteiger partial charge in [0.2, 0.25) is 0 Å². The summed E-state index contributed by atoms with van der Waals surface area (Å²) < 4.78 is 15.5. The molecule has 106 valence electrons. The van der Waals surface area contributed by atoms with Crippen molar-refractivity contribution >= 4 is 23.4 Å². The van der Waals surface area contributed by atoms with Crippen LogP contribution in [0, 0.1) is 5.82 Å². The van der Waals surface area contributed by atoms with Crippen molar-refractivity contribution in [3.8, 4) is 0 Å². The van der Waals surface area contributed by atoms with Crippen molar-refractivity contribution in [3.63, 3.8) is 0 Å². The van der Waals surface area contributed by atoms with Crippen molar-refractivity contribution in [2.45, 2.75) is 10.6 Å². The predicted octanol–water partition coefficient (Wildman–Crippen LogP) is 2.17. The summed E-state index contributed by atoms with van der Waals surface area (Å²) in [5.74, 6) is -0.0546. The lowest BCUT2D eigenvalue weighted by atomic mass is 10.3. The predicted molar refractivity (Wildman–Crippen MR) is 77.9 cm³/mol. The molecule has 0 unspecified atom stereocenters.